The summed E-state index contributed by atoms with van der Waals surface area (Å²) in [7, 11) is 0. The number of nitrogen functional groups attached to an aromatic ring is 1. The zero-order chi connectivity index (χ0) is 10.1. The summed E-state index contributed by atoms with van der Waals surface area (Å²) in [5.41, 5.74) is 8.23. The Morgan fingerprint density at radius 2 is 2.21 bits per heavy atom. The Bertz CT molecular complexity index is 462. The first-order chi connectivity index (χ1) is 6.66. The van der Waals surface area contributed by atoms with Gasteiger partial charge in [-0.05, 0) is 25.1 Å². The third kappa shape index (κ3) is 1.59. The largest absolute Gasteiger partial charge is 0.398 e. The van der Waals surface area contributed by atoms with Crippen molar-refractivity contribution in [2.75, 3.05) is 5.73 Å². The first-order valence-electron chi connectivity index (χ1n) is 4.24. The van der Waals surface area contributed by atoms with Crippen molar-refractivity contribution in [2.45, 2.75) is 6.92 Å². The summed E-state index contributed by atoms with van der Waals surface area (Å²) < 4.78 is 0. The molecule has 0 fully saturated rings. The number of hydrogen-bond acceptors (Lipinski definition) is 2. The Labute approximate surface area is 86.9 Å². The van der Waals surface area contributed by atoms with Crippen LogP contribution in [-0.2, 0) is 0 Å². The fourth-order valence-electron chi connectivity index (χ4n) is 1.25. The van der Waals surface area contributed by atoms with E-state index < -0.39 is 0 Å². The molecule has 1 heterocycles. The lowest BCUT2D eigenvalue weighted by atomic mass is 10.2. The van der Waals surface area contributed by atoms with E-state index in [4.69, 9.17) is 17.3 Å². The van der Waals surface area contributed by atoms with Gasteiger partial charge in [-0.25, -0.2) is 4.98 Å². The first-order valence-corrected chi connectivity index (χ1v) is 4.61. The summed E-state index contributed by atoms with van der Waals surface area (Å²) >= 11 is 5.82. The molecule has 0 unspecified atom stereocenters. The van der Waals surface area contributed by atoms with Gasteiger partial charge in [0.05, 0.1) is 10.7 Å². The normalized spacial score (nSPS) is 10.4. The van der Waals surface area contributed by atoms with Crippen LogP contribution < -0.4 is 5.73 Å². The molecule has 72 valence electrons. The molecular formula is C10H10ClN3. The van der Waals surface area contributed by atoms with Crippen LogP contribution in [0.5, 0.6) is 0 Å². The lowest BCUT2D eigenvalue weighted by Gasteiger charge is -2.00. The predicted molar refractivity (Wildman–Crippen MR) is 58.2 cm³/mol. The predicted octanol–water partition coefficient (Wildman–Crippen LogP) is 2.62. The van der Waals surface area contributed by atoms with Gasteiger partial charge in [0.15, 0.2) is 0 Å². The van der Waals surface area contributed by atoms with Crippen molar-refractivity contribution in [2.24, 2.45) is 0 Å². The van der Waals surface area contributed by atoms with Crippen molar-refractivity contribution in [1.82, 2.24) is 9.97 Å². The highest BCUT2D eigenvalue weighted by Gasteiger charge is 2.03. The third-order valence-corrected chi connectivity index (χ3v) is 2.32. The van der Waals surface area contributed by atoms with E-state index in [0.29, 0.717) is 10.7 Å². The molecule has 1 aromatic carbocycles. The molecule has 0 radical (unpaired) electrons. The van der Waals surface area contributed by atoms with Crippen molar-refractivity contribution in [1.29, 1.82) is 0 Å². The second kappa shape index (κ2) is 3.35. The number of nitrogens with two attached hydrogens (primary N) is 1. The van der Waals surface area contributed by atoms with E-state index in [-0.39, 0.29) is 0 Å². The highest BCUT2D eigenvalue weighted by atomic mass is 35.5. The Morgan fingerprint density at radius 1 is 1.43 bits per heavy atom. The number of anilines is 1. The molecule has 0 aliphatic carbocycles. The van der Waals surface area contributed by atoms with Crippen LogP contribution in [0.4, 0.5) is 5.69 Å². The van der Waals surface area contributed by atoms with Crippen LogP contribution in [0, 0.1) is 6.92 Å². The molecule has 0 aliphatic rings. The molecular weight excluding hydrogens is 198 g/mol. The highest BCUT2D eigenvalue weighted by molar-refractivity contribution is 6.33. The summed E-state index contributed by atoms with van der Waals surface area (Å²) in [5.74, 6) is 0.811. The van der Waals surface area contributed by atoms with Crippen LogP contribution in [0.1, 0.15) is 5.69 Å². The highest BCUT2D eigenvalue weighted by Crippen LogP contribution is 2.24. The van der Waals surface area contributed by atoms with E-state index in [1.807, 2.05) is 13.0 Å². The number of nitrogens with one attached hydrogen (secondary N) is 1. The number of hydrogen-bond donors (Lipinski definition) is 2. The number of aromatic amines is 1. The van der Waals surface area contributed by atoms with Crippen LogP contribution in [0.25, 0.3) is 11.4 Å². The second-order valence-corrected chi connectivity index (χ2v) is 3.56. The number of imidazole rings is 1. The van der Waals surface area contributed by atoms with Gasteiger partial charge in [0, 0.05) is 17.5 Å². The summed E-state index contributed by atoms with van der Waals surface area (Å²) in [4.78, 5) is 7.33. The monoisotopic (exact) mass is 207 g/mol. The first kappa shape index (κ1) is 9.09. The molecule has 0 saturated carbocycles. The maximum Gasteiger partial charge on any atom is 0.137 e. The molecule has 0 spiro atoms. The van der Waals surface area contributed by atoms with Crippen molar-refractivity contribution in [3.8, 4) is 11.4 Å². The lowest BCUT2D eigenvalue weighted by molar-refractivity contribution is 1.26. The van der Waals surface area contributed by atoms with E-state index >= 15 is 0 Å². The zero-order valence-electron chi connectivity index (χ0n) is 7.71. The van der Waals surface area contributed by atoms with Gasteiger partial charge in [0.2, 0.25) is 0 Å². The minimum Gasteiger partial charge on any atom is -0.398 e. The van der Waals surface area contributed by atoms with Gasteiger partial charge in [-0.1, -0.05) is 11.6 Å². The van der Waals surface area contributed by atoms with Gasteiger partial charge < -0.3 is 10.7 Å². The molecule has 4 heteroatoms. The summed E-state index contributed by atoms with van der Waals surface area (Å²) in [6, 6.07) is 5.46. The molecule has 0 atom stereocenters. The van der Waals surface area contributed by atoms with E-state index in [1.165, 1.54) is 0 Å². The standard InChI is InChI=1S/C10H10ClN3/c1-6-5-13-10(14-6)7-2-3-8(11)9(12)4-7/h2-5H,12H2,1H3,(H,13,14). The van der Waals surface area contributed by atoms with E-state index in [9.17, 15) is 0 Å². The number of nitrogens with zero attached hydrogens (tertiary/aromatic N) is 1. The average Bonchev–Trinajstić information content (AvgIpc) is 2.57. The average molecular weight is 208 g/mol. The topological polar surface area (TPSA) is 54.7 Å². The Morgan fingerprint density at radius 3 is 2.79 bits per heavy atom. The fourth-order valence-corrected chi connectivity index (χ4v) is 1.37. The molecule has 3 nitrogen and oxygen atoms in total. The Kier molecular flexibility index (Phi) is 2.17. The van der Waals surface area contributed by atoms with E-state index in [1.54, 1.807) is 18.3 Å². The van der Waals surface area contributed by atoms with E-state index in [0.717, 1.165) is 17.1 Å². The third-order valence-electron chi connectivity index (χ3n) is 1.97. The maximum atomic E-state index is 5.82. The molecule has 0 bridgehead atoms. The number of H-pyrrole nitrogens is 1. The minimum absolute atomic E-state index is 0.567. The quantitative estimate of drug-likeness (QED) is 0.707. The molecule has 0 aliphatic heterocycles. The number of halogens is 1. The van der Waals surface area contributed by atoms with Crippen molar-refractivity contribution in [3.63, 3.8) is 0 Å². The molecule has 0 amide bonds. The van der Waals surface area contributed by atoms with E-state index in [2.05, 4.69) is 9.97 Å². The van der Waals surface area contributed by atoms with Crippen molar-refractivity contribution >= 4 is 17.3 Å². The summed E-state index contributed by atoms with van der Waals surface area (Å²) in [6.07, 6.45) is 1.78. The van der Waals surface area contributed by atoms with Crippen molar-refractivity contribution in [3.05, 3.63) is 35.1 Å². The second-order valence-electron chi connectivity index (χ2n) is 3.15. The molecule has 3 N–H and O–H groups in total. The van der Waals surface area contributed by atoms with Crippen LogP contribution in [0.15, 0.2) is 24.4 Å². The lowest BCUT2D eigenvalue weighted by Crippen LogP contribution is -1.88. The number of aromatic nitrogens is 2. The molecule has 2 aromatic rings. The molecule has 1 aromatic heterocycles. The van der Waals surface area contributed by atoms with Gasteiger partial charge in [0.1, 0.15) is 5.82 Å². The van der Waals surface area contributed by atoms with Gasteiger partial charge in [-0.3, -0.25) is 0 Å². The number of benzene rings is 1. The number of aryl methyl sites for hydroxylation is 1. The zero-order valence-corrected chi connectivity index (χ0v) is 8.47. The van der Waals surface area contributed by atoms with Crippen molar-refractivity contribution < 1.29 is 0 Å². The summed E-state index contributed by atoms with van der Waals surface area (Å²) in [5, 5.41) is 0.567. The van der Waals surface area contributed by atoms with Crippen LogP contribution in [0.2, 0.25) is 5.02 Å². The fraction of sp³-hybridized carbons (Fsp3) is 0.100. The van der Waals surface area contributed by atoms with Crippen LogP contribution >= 0.6 is 11.6 Å². The molecule has 14 heavy (non-hydrogen) atoms. The smallest absolute Gasteiger partial charge is 0.137 e. The van der Waals surface area contributed by atoms with Crippen LogP contribution in [-0.4, -0.2) is 9.97 Å². The van der Waals surface area contributed by atoms with Gasteiger partial charge in [-0.15, -0.1) is 0 Å². The van der Waals surface area contributed by atoms with Crippen LogP contribution in [0.3, 0.4) is 0 Å². The minimum atomic E-state index is 0.567. The molecule has 2 rings (SSSR count). The number of rotatable bonds is 1. The SMILES string of the molecule is Cc1cnc(-c2ccc(Cl)c(N)c2)[nH]1. The molecule has 0 saturated heterocycles. The van der Waals surface area contributed by atoms with Gasteiger partial charge >= 0.3 is 0 Å². The maximum absolute atomic E-state index is 5.82. The van der Waals surface area contributed by atoms with Gasteiger partial charge in [0.25, 0.3) is 0 Å². The Balaban J connectivity index is 2.47. The summed E-state index contributed by atoms with van der Waals surface area (Å²) in [6.45, 7) is 1.95. The Hall–Kier alpha value is -1.48. The van der Waals surface area contributed by atoms with Gasteiger partial charge in [-0.2, -0.15) is 0 Å².